The highest BCUT2D eigenvalue weighted by Crippen LogP contribution is 2.21. The van der Waals surface area contributed by atoms with Crippen molar-refractivity contribution in [2.45, 2.75) is 298 Å². The predicted molar refractivity (Wildman–Crippen MR) is 312 cm³/mol. The Labute approximate surface area is 431 Å². The number of aliphatic hydroxyl groups excluding tert-OH is 4. The lowest BCUT2D eigenvalue weighted by molar-refractivity contribution is -0.0980. The van der Waals surface area contributed by atoms with Crippen molar-refractivity contribution < 1.29 is 51.9 Å². The van der Waals surface area contributed by atoms with Crippen LogP contribution in [0.5, 0.6) is 0 Å². The van der Waals surface area contributed by atoms with Gasteiger partial charge in [-0.3, -0.25) is 0 Å². The van der Waals surface area contributed by atoms with E-state index in [9.17, 15) is 0 Å². The molecule has 0 aromatic carbocycles. The normalized spacial score (nSPS) is 10.2. The van der Waals surface area contributed by atoms with Crippen molar-refractivity contribution in [2.24, 2.45) is 11.8 Å². The van der Waals surface area contributed by atoms with Crippen LogP contribution in [0, 0.1) is 11.8 Å². The van der Waals surface area contributed by atoms with E-state index >= 15 is 0 Å². The molecule has 11 nitrogen and oxygen atoms in total. The van der Waals surface area contributed by atoms with E-state index in [1.165, 1.54) is 180 Å². The molecule has 0 aromatic rings. The van der Waals surface area contributed by atoms with E-state index in [0.29, 0.717) is 26.4 Å². The van der Waals surface area contributed by atoms with Crippen LogP contribution in [-0.4, -0.2) is 113 Å². The lowest BCUT2D eigenvalue weighted by Crippen LogP contribution is -2.20. The molecule has 1 rings (SSSR count). The maximum atomic E-state index is 8.95. The number of aliphatic hydroxyl groups is 4. The van der Waals surface area contributed by atoms with Gasteiger partial charge in [0.25, 0.3) is 0 Å². The van der Waals surface area contributed by atoms with E-state index in [1.807, 2.05) is 6.79 Å². The van der Waals surface area contributed by atoms with Gasteiger partial charge in [0, 0.05) is 39.6 Å². The van der Waals surface area contributed by atoms with Gasteiger partial charge in [0.1, 0.15) is 6.79 Å². The first-order valence-corrected chi connectivity index (χ1v) is 25.9. The average molecular weight is 1000 g/mol. The third-order valence-corrected chi connectivity index (χ3v) is 10.6. The zero-order chi connectivity index (χ0) is 45.7. The predicted octanol–water partition coefficient (Wildman–Crippen LogP) is 14.4. The van der Waals surface area contributed by atoms with Crippen molar-refractivity contribution in [3.63, 3.8) is 0 Å². The highest BCUT2D eigenvalue weighted by atomic mass is 16.5. The summed E-state index contributed by atoms with van der Waals surface area (Å²) in [5.74, 6) is 1.58. The maximum Gasteiger partial charge on any atom is 0.106 e. The quantitative estimate of drug-likeness (QED) is 0.0454. The fraction of sp³-hybridized carbons (Fsp3) is 0.982. The summed E-state index contributed by atoms with van der Waals surface area (Å²) >= 11 is 0. The molecule has 436 valence electrons. The van der Waals surface area contributed by atoms with Gasteiger partial charge < -0.3 is 56.8 Å². The smallest absolute Gasteiger partial charge is 0.106 e. The molecule has 0 unspecified atom stereocenters. The summed E-state index contributed by atoms with van der Waals surface area (Å²) < 4.78 is 5.47. The van der Waals surface area contributed by atoms with Gasteiger partial charge in [-0.2, -0.15) is 0 Å². The molecule has 1 aliphatic rings. The van der Waals surface area contributed by atoms with Crippen LogP contribution in [-0.2, 0) is 9.53 Å². The minimum Gasteiger partial charge on any atom is -0.412 e. The van der Waals surface area contributed by atoms with Crippen LogP contribution in [0.3, 0.4) is 0 Å². The molecule has 0 saturated carbocycles. The number of nitrogens with zero attached hydrogens (tertiary/aromatic N) is 1. The Morgan fingerprint density at radius 1 is 0.368 bits per heavy atom. The van der Waals surface area contributed by atoms with Crippen LogP contribution in [0.1, 0.15) is 298 Å². The van der Waals surface area contributed by atoms with Crippen molar-refractivity contribution in [3.05, 3.63) is 0 Å². The molecular weight excluding hydrogens is 859 g/mol. The van der Waals surface area contributed by atoms with Gasteiger partial charge in [-0.05, 0) is 89.3 Å². The first kappa shape index (κ1) is 108. The molecule has 1 aliphatic heterocycles. The molecule has 0 aromatic heterocycles. The van der Waals surface area contributed by atoms with Crippen LogP contribution in [0.2, 0.25) is 0 Å². The topological polar surface area (TPSA) is 236 Å². The SMILES string of the molecule is C.C.C.C.C.C=O.CCCC.CCCCC.CCCCCC(CCO)CCCCC.CCCCCC(CCO)CCCCC.CCCCO.O.O.O.O.OCCCCOCCCCN1CCCC1. The van der Waals surface area contributed by atoms with Gasteiger partial charge in [-0.1, -0.05) is 241 Å². The van der Waals surface area contributed by atoms with Gasteiger partial charge in [0.2, 0.25) is 0 Å². The number of hydrogen-bond acceptors (Lipinski definition) is 7. The van der Waals surface area contributed by atoms with Crippen molar-refractivity contribution in [1.82, 2.24) is 4.90 Å². The minimum atomic E-state index is 0. The fourth-order valence-electron chi connectivity index (χ4n) is 6.44. The molecule has 0 atom stereocenters. The summed E-state index contributed by atoms with van der Waals surface area (Å²) in [7, 11) is 0. The molecule has 0 spiro atoms. The van der Waals surface area contributed by atoms with E-state index in [2.05, 4.69) is 67.2 Å². The molecule has 68 heavy (non-hydrogen) atoms. The van der Waals surface area contributed by atoms with E-state index in [4.69, 9.17) is 30.0 Å². The molecule has 0 amide bonds. The summed E-state index contributed by atoms with van der Waals surface area (Å²) in [5.41, 5.74) is 0. The highest BCUT2D eigenvalue weighted by molar-refractivity contribution is 5.11. The Balaban J connectivity index is -0.0000000389. The molecule has 1 fully saturated rings. The Morgan fingerprint density at radius 3 is 0.882 bits per heavy atom. The zero-order valence-corrected chi connectivity index (χ0v) is 44.2. The van der Waals surface area contributed by atoms with Crippen LogP contribution >= 0.6 is 0 Å². The third kappa shape index (κ3) is 121. The molecule has 0 radical (unpaired) electrons. The molecule has 12 N–H and O–H groups in total. The van der Waals surface area contributed by atoms with Crippen molar-refractivity contribution in [1.29, 1.82) is 0 Å². The van der Waals surface area contributed by atoms with Gasteiger partial charge in [-0.15, -0.1) is 0 Å². The Bertz CT molecular complexity index is 563. The van der Waals surface area contributed by atoms with Gasteiger partial charge in [0.05, 0.1) is 0 Å². The number of rotatable bonds is 34. The lowest BCUT2D eigenvalue weighted by atomic mass is 9.92. The molecule has 1 saturated heterocycles. The monoisotopic (exact) mass is 1000 g/mol. The molecule has 0 aliphatic carbocycles. The summed E-state index contributed by atoms with van der Waals surface area (Å²) in [6, 6.07) is 0. The first-order chi connectivity index (χ1) is 28.9. The number of likely N-dealkylation sites (tertiary alicyclic amines) is 1. The summed E-state index contributed by atoms with van der Waals surface area (Å²) in [5, 5.41) is 34.5. The van der Waals surface area contributed by atoms with Crippen molar-refractivity contribution >= 4 is 6.79 Å². The standard InChI is InChI=1S/2C13H28O.C12H25NO2.C5H12.C4H10O.C4H10.CH2O.5CH4.4H2O/c2*1-3-5-7-9-13(11-12-14)10-8-6-4-2;14-10-4-6-12-15-11-5-3-9-13-7-1-2-8-13;1-3-5-4-2;1-2-3-4-5;1-3-4-2;1-2;;;;;;;;;/h2*13-14H,3-12H2,1-2H3;14H,1-12H2;3-5H2,1-2H3;5H,2-4H2,1H3;3-4H2,1-2H3;1H2;5*1H4;4*1H2. The van der Waals surface area contributed by atoms with Crippen LogP contribution in [0.15, 0.2) is 0 Å². The van der Waals surface area contributed by atoms with E-state index in [1.54, 1.807) is 0 Å². The third-order valence-electron chi connectivity index (χ3n) is 10.6. The summed E-state index contributed by atoms with van der Waals surface area (Å²) in [6.07, 6.45) is 39.3. The number of carbonyl (C=O) groups is 1. The zero-order valence-electron chi connectivity index (χ0n) is 44.2. The van der Waals surface area contributed by atoms with Gasteiger partial charge in [-0.25, -0.2) is 0 Å². The average Bonchev–Trinajstić information content (AvgIpc) is 3.78. The number of hydrogen-bond donors (Lipinski definition) is 4. The van der Waals surface area contributed by atoms with Crippen LogP contribution in [0.25, 0.3) is 0 Å². The lowest BCUT2D eigenvalue weighted by Gasteiger charge is -2.15. The number of ether oxygens (including phenoxy) is 1. The molecule has 0 bridgehead atoms. The minimum absolute atomic E-state index is 0. The summed E-state index contributed by atoms with van der Waals surface area (Å²) in [6.45, 7) is 28.8. The van der Waals surface area contributed by atoms with E-state index in [0.717, 1.165) is 63.6 Å². The Morgan fingerprint density at radius 2 is 0.662 bits per heavy atom. The molecular formula is C57H143NO10. The second kappa shape index (κ2) is 116. The largest absolute Gasteiger partial charge is 0.412 e. The Kier molecular flexibility index (Phi) is 185. The van der Waals surface area contributed by atoms with Crippen molar-refractivity contribution in [3.8, 4) is 0 Å². The first-order valence-electron chi connectivity index (χ1n) is 25.9. The van der Waals surface area contributed by atoms with Gasteiger partial charge in [0.15, 0.2) is 0 Å². The second-order valence-electron chi connectivity index (χ2n) is 16.5. The summed E-state index contributed by atoms with van der Waals surface area (Å²) in [4.78, 5) is 10.5. The van der Waals surface area contributed by atoms with Crippen molar-refractivity contribution in [2.75, 3.05) is 59.3 Å². The van der Waals surface area contributed by atoms with Gasteiger partial charge >= 0.3 is 0 Å². The highest BCUT2D eigenvalue weighted by Gasteiger charge is 2.10. The molecule has 11 heteroatoms. The van der Waals surface area contributed by atoms with Crippen LogP contribution in [0.4, 0.5) is 0 Å². The second-order valence-corrected chi connectivity index (χ2v) is 16.5. The maximum absolute atomic E-state index is 8.95. The Hall–Kier alpha value is -0.730. The van der Waals surface area contributed by atoms with E-state index in [-0.39, 0.29) is 59.0 Å². The van der Waals surface area contributed by atoms with Crippen LogP contribution < -0.4 is 0 Å². The fourth-order valence-corrected chi connectivity index (χ4v) is 6.44. The molecule has 1 heterocycles. The number of carbonyl (C=O) groups excluding carboxylic acids is 1. The number of unbranched alkanes of at least 4 members (excludes halogenated alkanes) is 14. The van der Waals surface area contributed by atoms with E-state index < -0.39 is 0 Å².